The number of ether oxygens (including phenoxy) is 2. The van der Waals surface area contributed by atoms with Gasteiger partial charge in [0.2, 0.25) is 0 Å². The van der Waals surface area contributed by atoms with Crippen LogP contribution in [0.4, 0.5) is 0 Å². The molecule has 5 nitrogen and oxygen atoms in total. The number of carbonyl (C=O) groups excluding carboxylic acids is 2. The molecule has 0 saturated carbocycles. The third kappa shape index (κ3) is 6.31. The summed E-state index contributed by atoms with van der Waals surface area (Å²) in [5, 5.41) is 3.46. The van der Waals surface area contributed by atoms with Gasteiger partial charge in [0.1, 0.15) is 12.4 Å². The van der Waals surface area contributed by atoms with Crippen molar-refractivity contribution in [3.8, 4) is 5.75 Å². The molecule has 2 atom stereocenters. The molecule has 0 spiro atoms. The van der Waals surface area contributed by atoms with Crippen molar-refractivity contribution in [1.29, 1.82) is 0 Å². The lowest BCUT2D eigenvalue weighted by molar-refractivity contribution is -0.139. The van der Waals surface area contributed by atoms with Gasteiger partial charge in [-0.3, -0.25) is 4.79 Å². The standard InChI is InChI=1S/C38H35NO4/c1-26-35(38(41)42-22-21-27-13-5-2-6-14-27)36(31-19-11-12-20-34(31)43-25-28-15-7-3-8-16-28)37-32(39-26)23-30(24-33(37)40)29-17-9-4-10-18-29/h2-20,30,36,39H,21-25H2,1H3/t30-,36+/m1/s1. The first-order chi connectivity index (χ1) is 21.1. The molecule has 216 valence electrons. The Bertz CT molecular complexity index is 1660. The van der Waals surface area contributed by atoms with Gasteiger partial charge in [0.25, 0.3) is 0 Å². The summed E-state index contributed by atoms with van der Waals surface area (Å²) in [6, 6.07) is 37.8. The van der Waals surface area contributed by atoms with E-state index in [9.17, 15) is 9.59 Å². The Balaban J connectivity index is 1.35. The normalized spacial score (nSPS) is 18.1. The number of allylic oxidation sites excluding steroid dienone is 3. The maximum Gasteiger partial charge on any atom is 0.336 e. The van der Waals surface area contributed by atoms with Crippen LogP contribution in [0.3, 0.4) is 0 Å². The first-order valence-electron chi connectivity index (χ1n) is 14.8. The minimum atomic E-state index is -0.600. The summed E-state index contributed by atoms with van der Waals surface area (Å²) >= 11 is 0. The molecule has 6 rings (SSSR count). The zero-order valence-corrected chi connectivity index (χ0v) is 24.3. The van der Waals surface area contributed by atoms with Crippen LogP contribution < -0.4 is 10.1 Å². The molecule has 2 aliphatic rings. The van der Waals surface area contributed by atoms with Crippen molar-refractivity contribution in [2.24, 2.45) is 0 Å². The summed E-state index contributed by atoms with van der Waals surface area (Å²) in [5.41, 5.74) is 6.71. The number of rotatable bonds is 9. The number of hydrogen-bond donors (Lipinski definition) is 1. The molecule has 1 N–H and O–H groups in total. The highest BCUT2D eigenvalue weighted by molar-refractivity contribution is 6.04. The van der Waals surface area contributed by atoms with Gasteiger partial charge in [0, 0.05) is 35.4 Å². The summed E-state index contributed by atoms with van der Waals surface area (Å²) < 4.78 is 12.2. The zero-order chi connectivity index (χ0) is 29.6. The number of nitrogens with one attached hydrogen (secondary N) is 1. The van der Waals surface area contributed by atoms with Gasteiger partial charge >= 0.3 is 5.97 Å². The van der Waals surface area contributed by atoms with Gasteiger partial charge < -0.3 is 14.8 Å². The molecule has 1 aliphatic carbocycles. The number of Topliss-reactive ketones (excluding diaryl/α,β-unsaturated/α-hetero) is 1. The van der Waals surface area contributed by atoms with Crippen LogP contribution in [0.25, 0.3) is 0 Å². The van der Waals surface area contributed by atoms with Gasteiger partial charge in [-0.2, -0.15) is 0 Å². The molecule has 0 fully saturated rings. The van der Waals surface area contributed by atoms with E-state index in [0.717, 1.165) is 28.0 Å². The Hall–Kier alpha value is -4.90. The lowest BCUT2D eigenvalue weighted by atomic mass is 9.71. The van der Waals surface area contributed by atoms with Crippen LogP contribution in [0.1, 0.15) is 53.9 Å². The maximum absolute atomic E-state index is 14.0. The second-order valence-corrected chi connectivity index (χ2v) is 11.1. The average Bonchev–Trinajstić information content (AvgIpc) is 3.04. The lowest BCUT2D eigenvalue weighted by Crippen LogP contribution is -2.36. The van der Waals surface area contributed by atoms with Gasteiger partial charge in [0.05, 0.1) is 18.1 Å². The molecule has 1 aliphatic heterocycles. The number of dihydropyridines is 1. The molecule has 5 heteroatoms. The van der Waals surface area contributed by atoms with E-state index in [1.165, 1.54) is 0 Å². The van der Waals surface area contributed by atoms with E-state index in [1.807, 2.05) is 110 Å². The predicted molar refractivity (Wildman–Crippen MR) is 167 cm³/mol. The Morgan fingerprint density at radius 1 is 0.791 bits per heavy atom. The van der Waals surface area contributed by atoms with Crippen molar-refractivity contribution in [1.82, 2.24) is 5.32 Å². The third-order valence-corrected chi connectivity index (χ3v) is 8.25. The Labute approximate surface area is 252 Å². The van der Waals surface area contributed by atoms with E-state index in [1.54, 1.807) is 0 Å². The highest BCUT2D eigenvalue weighted by Gasteiger charge is 2.42. The van der Waals surface area contributed by atoms with Crippen molar-refractivity contribution >= 4 is 11.8 Å². The van der Waals surface area contributed by atoms with E-state index < -0.39 is 11.9 Å². The summed E-state index contributed by atoms with van der Waals surface area (Å²) in [6.45, 7) is 2.52. The molecular formula is C38H35NO4. The topological polar surface area (TPSA) is 64.6 Å². The van der Waals surface area contributed by atoms with E-state index in [4.69, 9.17) is 9.47 Å². The number of carbonyl (C=O) groups is 2. The van der Waals surface area contributed by atoms with Crippen molar-refractivity contribution in [3.63, 3.8) is 0 Å². The molecule has 1 heterocycles. The second-order valence-electron chi connectivity index (χ2n) is 11.1. The molecule has 4 aromatic rings. The Morgan fingerprint density at radius 3 is 2.14 bits per heavy atom. The van der Waals surface area contributed by atoms with E-state index in [2.05, 4.69) is 17.4 Å². The van der Waals surface area contributed by atoms with Gasteiger partial charge in [-0.05, 0) is 42.0 Å². The van der Waals surface area contributed by atoms with Crippen molar-refractivity contribution in [2.45, 2.75) is 44.6 Å². The summed E-state index contributed by atoms with van der Waals surface area (Å²) in [7, 11) is 0. The van der Waals surface area contributed by atoms with E-state index >= 15 is 0 Å². The first kappa shape index (κ1) is 28.2. The molecule has 0 unspecified atom stereocenters. The van der Waals surface area contributed by atoms with Crippen LogP contribution in [0.2, 0.25) is 0 Å². The maximum atomic E-state index is 14.0. The van der Waals surface area contributed by atoms with Crippen LogP contribution in [-0.4, -0.2) is 18.4 Å². The van der Waals surface area contributed by atoms with Gasteiger partial charge in [-0.1, -0.05) is 109 Å². The summed E-state index contributed by atoms with van der Waals surface area (Å²) in [6.07, 6.45) is 1.67. The SMILES string of the molecule is CC1=C(C(=O)OCCc2ccccc2)[C@H](c2ccccc2OCc2ccccc2)C2=C(C[C@@H](c3ccccc3)CC2=O)N1. The highest BCUT2D eigenvalue weighted by Crippen LogP contribution is 2.47. The fourth-order valence-corrected chi connectivity index (χ4v) is 6.15. The van der Waals surface area contributed by atoms with Crippen LogP contribution in [0.15, 0.2) is 138 Å². The van der Waals surface area contributed by atoms with Crippen molar-refractivity contribution in [3.05, 3.63) is 160 Å². The molecule has 0 amide bonds. The largest absolute Gasteiger partial charge is 0.489 e. The van der Waals surface area contributed by atoms with Crippen LogP contribution in [-0.2, 0) is 27.4 Å². The lowest BCUT2D eigenvalue weighted by Gasteiger charge is -2.37. The van der Waals surface area contributed by atoms with Crippen molar-refractivity contribution < 1.29 is 19.1 Å². The monoisotopic (exact) mass is 569 g/mol. The number of para-hydroxylation sites is 1. The minimum absolute atomic E-state index is 0.0348. The molecule has 0 radical (unpaired) electrons. The molecule has 0 bridgehead atoms. The van der Waals surface area contributed by atoms with Gasteiger partial charge in [-0.15, -0.1) is 0 Å². The molecule has 4 aromatic carbocycles. The van der Waals surface area contributed by atoms with Crippen LogP contribution in [0.5, 0.6) is 5.75 Å². The molecule has 0 aromatic heterocycles. The quantitative estimate of drug-likeness (QED) is 0.213. The van der Waals surface area contributed by atoms with Crippen molar-refractivity contribution in [2.75, 3.05) is 6.61 Å². The van der Waals surface area contributed by atoms with Crippen LogP contribution >= 0.6 is 0 Å². The van der Waals surface area contributed by atoms with E-state index in [-0.39, 0.29) is 18.3 Å². The zero-order valence-electron chi connectivity index (χ0n) is 24.3. The van der Waals surface area contributed by atoms with E-state index in [0.29, 0.717) is 48.5 Å². The van der Waals surface area contributed by atoms with Gasteiger partial charge in [-0.25, -0.2) is 4.79 Å². The molecule has 43 heavy (non-hydrogen) atoms. The molecule has 0 saturated heterocycles. The number of hydrogen-bond acceptors (Lipinski definition) is 5. The average molecular weight is 570 g/mol. The smallest absolute Gasteiger partial charge is 0.336 e. The highest BCUT2D eigenvalue weighted by atomic mass is 16.5. The summed E-state index contributed by atoms with van der Waals surface area (Å²) in [4.78, 5) is 27.9. The predicted octanol–water partition coefficient (Wildman–Crippen LogP) is 7.41. The Kier molecular flexibility index (Phi) is 8.50. The molecular weight excluding hydrogens is 534 g/mol. The third-order valence-electron chi connectivity index (χ3n) is 8.25. The number of esters is 1. The van der Waals surface area contributed by atoms with Crippen LogP contribution in [0, 0.1) is 0 Å². The fraction of sp³-hybridized carbons (Fsp3) is 0.211. The number of benzene rings is 4. The Morgan fingerprint density at radius 2 is 1.42 bits per heavy atom. The summed E-state index contributed by atoms with van der Waals surface area (Å²) in [5.74, 6) is -0.277. The van der Waals surface area contributed by atoms with Gasteiger partial charge in [0.15, 0.2) is 5.78 Å². The fourth-order valence-electron chi connectivity index (χ4n) is 6.15. The minimum Gasteiger partial charge on any atom is -0.489 e. The second kappa shape index (κ2) is 13.0. The number of ketones is 1. The first-order valence-corrected chi connectivity index (χ1v) is 14.8.